The normalized spacial score (nSPS) is 12.8. The molecule has 4 nitrogen and oxygen atoms in total. The van der Waals surface area contributed by atoms with Crippen molar-refractivity contribution in [2.75, 3.05) is 7.05 Å². The molecule has 2 rings (SSSR count). The number of furan rings is 1. The molecule has 0 saturated carbocycles. The van der Waals surface area contributed by atoms with E-state index in [0.29, 0.717) is 0 Å². The molecule has 0 spiro atoms. The monoisotopic (exact) mass is 295 g/mol. The third-order valence-electron chi connectivity index (χ3n) is 3.57. The van der Waals surface area contributed by atoms with Crippen molar-refractivity contribution in [1.82, 2.24) is 15.1 Å². The lowest BCUT2D eigenvalue weighted by atomic mass is 10.1. The van der Waals surface area contributed by atoms with Gasteiger partial charge in [-0.3, -0.25) is 4.68 Å². The maximum absolute atomic E-state index is 6.37. The summed E-state index contributed by atoms with van der Waals surface area (Å²) in [5.74, 6) is 1.95. The number of aromatic nitrogens is 2. The van der Waals surface area contributed by atoms with Crippen LogP contribution < -0.4 is 5.32 Å². The quantitative estimate of drug-likeness (QED) is 0.886. The van der Waals surface area contributed by atoms with Crippen molar-refractivity contribution in [3.8, 4) is 0 Å². The summed E-state index contributed by atoms with van der Waals surface area (Å²) in [6, 6.07) is 4.17. The summed E-state index contributed by atoms with van der Waals surface area (Å²) in [5, 5.41) is 8.51. The van der Waals surface area contributed by atoms with Crippen LogP contribution in [0.15, 0.2) is 16.5 Å². The largest absolute Gasteiger partial charge is 0.464 e. The van der Waals surface area contributed by atoms with Crippen molar-refractivity contribution < 1.29 is 4.42 Å². The Morgan fingerprint density at radius 3 is 2.70 bits per heavy atom. The van der Waals surface area contributed by atoms with Crippen LogP contribution in [0.5, 0.6) is 0 Å². The molecular weight excluding hydrogens is 274 g/mol. The molecule has 0 bridgehead atoms. The number of likely N-dealkylation sites (N-methyl/N-ethyl adjacent to an activating group) is 1. The zero-order valence-corrected chi connectivity index (χ0v) is 13.3. The minimum absolute atomic E-state index is 0.106. The smallest absolute Gasteiger partial charge is 0.121 e. The van der Waals surface area contributed by atoms with E-state index in [2.05, 4.69) is 24.3 Å². The lowest BCUT2D eigenvalue weighted by molar-refractivity contribution is 0.401. The van der Waals surface area contributed by atoms with Gasteiger partial charge in [0.05, 0.1) is 22.5 Å². The summed E-state index contributed by atoms with van der Waals surface area (Å²) in [4.78, 5) is 0. The molecular formula is C15H22ClN3O. The lowest BCUT2D eigenvalue weighted by Crippen LogP contribution is -2.20. The molecule has 0 aliphatic heterocycles. The first-order chi connectivity index (χ1) is 9.60. The van der Waals surface area contributed by atoms with E-state index in [-0.39, 0.29) is 6.04 Å². The molecule has 2 heterocycles. The van der Waals surface area contributed by atoms with Crippen LogP contribution in [0.3, 0.4) is 0 Å². The number of nitrogens with zero attached hydrogens (tertiary/aromatic N) is 2. The third-order valence-corrected chi connectivity index (χ3v) is 4.06. The van der Waals surface area contributed by atoms with Crippen LogP contribution in [0.2, 0.25) is 5.02 Å². The van der Waals surface area contributed by atoms with Crippen LogP contribution in [0.4, 0.5) is 0 Å². The van der Waals surface area contributed by atoms with Gasteiger partial charge in [-0.15, -0.1) is 0 Å². The first-order valence-electron chi connectivity index (χ1n) is 7.08. The van der Waals surface area contributed by atoms with Gasteiger partial charge in [-0.1, -0.05) is 18.5 Å². The van der Waals surface area contributed by atoms with Gasteiger partial charge in [0.25, 0.3) is 0 Å². The summed E-state index contributed by atoms with van der Waals surface area (Å²) < 4.78 is 7.81. The minimum Gasteiger partial charge on any atom is -0.464 e. The number of halogens is 1. The molecule has 2 aromatic heterocycles. The first kappa shape index (κ1) is 15.1. The Hall–Kier alpha value is -1.26. The highest BCUT2D eigenvalue weighted by atomic mass is 35.5. The molecule has 0 fully saturated rings. The lowest BCUT2D eigenvalue weighted by Gasteiger charge is -2.15. The van der Waals surface area contributed by atoms with Gasteiger partial charge in [-0.25, -0.2) is 0 Å². The summed E-state index contributed by atoms with van der Waals surface area (Å²) in [6.07, 6.45) is 1.67. The average molecular weight is 296 g/mol. The zero-order valence-electron chi connectivity index (χ0n) is 12.5. The van der Waals surface area contributed by atoms with E-state index < -0.39 is 0 Å². The summed E-state index contributed by atoms with van der Waals surface area (Å²) in [7, 11) is 1.94. The molecule has 20 heavy (non-hydrogen) atoms. The van der Waals surface area contributed by atoms with Gasteiger partial charge in [0, 0.05) is 19.4 Å². The molecule has 110 valence electrons. The van der Waals surface area contributed by atoms with E-state index in [1.165, 1.54) is 0 Å². The topological polar surface area (TPSA) is 43.0 Å². The fourth-order valence-corrected chi connectivity index (χ4v) is 2.59. The predicted molar refractivity (Wildman–Crippen MR) is 81.2 cm³/mol. The Kier molecular flexibility index (Phi) is 4.89. The molecule has 1 unspecified atom stereocenters. The molecule has 1 atom stereocenters. The number of aryl methyl sites for hydroxylation is 3. The maximum Gasteiger partial charge on any atom is 0.121 e. The second-order valence-electron chi connectivity index (χ2n) is 4.86. The highest BCUT2D eigenvalue weighted by Crippen LogP contribution is 2.27. The number of hydrogen-bond acceptors (Lipinski definition) is 3. The van der Waals surface area contributed by atoms with Crippen LogP contribution in [0.1, 0.15) is 42.8 Å². The van der Waals surface area contributed by atoms with Crippen molar-refractivity contribution in [2.24, 2.45) is 0 Å². The molecule has 1 N–H and O–H groups in total. The van der Waals surface area contributed by atoms with Gasteiger partial charge in [0.1, 0.15) is 11.5 Å². The number of nitrogens with one attached hydrogen (secondary N) is 1. The maximum atomic E-state index is 6.37. The summed E-state index contributed by atoms with van der Waals surface area (Å²) in [6.45, 7) is 6.91. The molecule has 0 aromatic carbocycles. The molecule has 0 aliphatic carbocycles. The number of rotatable bonds is 6. The minimum atomic E-state index is 0.106. The van der Waals surface area contributed by atoms with Crippen LogP contribution >= 0.6 is 11.6 Å². The van der Waals surface area contributed by atoms with Gasteiger partial charge in [0.15, 0.2) is 0 Å². The summed E-state index contributed by atoms with van der Waals surface area (Å²) in [5.41, 5.74) is 1.94. The SMILES string of the molecule is CCc1ccc(C(Cc2c(Cl)c(C)nn2CC)NC)o1. The van der Waals surface area contributed by atoms with Crippen molar-refractivity contribution in [1.29, 1.82) is 0 Å². The molecule has 2 aromatic rings. The van der Waals surface area contributed by atoms with Crippen molar-refractivity contribution in [3.05, 3.63) is 40.1 Å². The second kappa shape index (κ2) is 6.46. The molecule has 0 amide bonds. The van der Waals surface area contributed by atoms with Crippen LogP contribution in [-0.4, -0.2) is 16.8 Å². The molecule has 0 radical (unpaired) electrons. The standard InChI is InChI=1S/C15H22ClN3O/c1-5-11-7-8-14(20-11)12(17-4)9-13-15(16)10(3)18-19(13)6-2/h7-8,12,17H,5-6,9H2,1-4H3. The van der Waals surface area contributed by atoms with E-state index in [1.54, 1.807) is 0 Å². The fraction of sp³-hybridized carbons (Fsp3) is 0.533. The fourth-order valence-electron chi connectivity index (χ4n) is 2.37. The van der Waals surface area contributed by atoms with Crippen molar-refractivity contribution >= 4 is 11.6 Å². The van der Waals surface area contributed by atoms with Gasteiger partial charge in [-0.2, -0.15) is 5.10 Å². The molecule has 0 aliphatic rings. The van der Waals surface area contributed by atoms with E-state index in [4.69, 9.17) is 16.0 Å². The van der Waals surface area contributed by atoms with Gasteiger partial charge in [0.2, 0.25) is 0 Å². The van der Waals surface area contributed by atoms with Crippen molar-refractivity contribution in [2.45, 2.75) is 46.2 Å². The van der Waals surface area contributed by atoms with Gasteiger partial charge < -0.3 is 9.73 Å². The Morgan fingerprint density at radius 1 is 1.40 bits per heavy atom. The van der Waals surface area contributed by atoms with Crippen LogP contribution in [0.25, 0.3) is 0 Å². The summed E-state index contributed by atoms with van der Waals surface area (Å²) >= 11 is 6.37. The first-order valence-corrected chi connectivity index (χ1v) is 7.46. The van der Waals surface area contributed by atoms with E-state index in [1.807, 2.05) is 30.8 Å². The molecule has 5 heteroatoms. The van der Waals surface area contributed by atoms with Crippen LogP contribution in [0, 0.1) is 6.92 Å². The van der Waals surface area contributed by atoms with E-state index >= 15 is 0 Å². The Morgan fingerprint density at radius 2 is 2.15 bits per heavy atom. The Balaban J connectivity index is 2.26. The highest BCUT2D eigenvalue weighted by Gasteiger charge is 2.20. The van der Waals surface area contributed by atoms with E-state index in [0.717, 1.165) is 47.3 Å². The van der Waals surface area contributed by atoms with Crippen molar-refractivity contribution in [3.63, 3.8) is 0 Å². The zero-order chi connectivity index (χ0) is 14.7. The Labute approximate surface area is 125 Å². The van der Waals surface area contributed by atoms with E-state index in [9.17, 15) is 0 Å². The van der Waals surface area contributed by atoms with Gasteiger partial charge in [-0.05, 0) is 33.0 Å². The number of hydrogen-bond donors (Lipinski definition) is 1. The average Bonchev–Trinajstić information content (AvgIpc) is 3.03. The van der Waals surface area contributed by atoms with Crippen LogP contribution in [-0.2, 0) is 19.4 Å². The predicted octanol–water partition coefficient (Wildman–Crippen LogP) is 3.52. The van der Waals surface area contributed by atoms with Gasteiger partial charge >= 0.3 is 0 Å². The Bertz CT molecular complexity index is 574. The molecule has 0 saturated heterocycles. The highest BCUT2D eigenvalue weighted by molar-refractivity contribution is 6.31. The third kappa shape index (κ3) is 2.91. The second-order valence-corrected chi connectivity index (χ2v) is 5.24.